The van der Waals surface area contributed by atoms with Gasteiger partial charge in [-0.15, -0.1) is 6.58 Å². The van der Waals surface area contributed by atoms with E-state index in [0.29, 0.717) is 36.7 Å². The molecule has 8 heteroatoms. The number of rotatable bonds is 10. The zero-order valence-electron chi connectivity index (χ0n) is 17.6. The molecule has 0 fully saturated rings. The van der Waals surface area contributed by atoms with E-state index in [1.165, 1.54) is 28.6 Å². The van der Waals surface area contributed by atoms with Crippen molar-refractivity contribution in [2.75, 3.05) is 42.3 Å². The molecule has 2 aromatic carbocycles. The Morgan fingerprint density at radius 2 is 1.97 bits per heavy atom. The SMILES string of the molecule is C=CCN(C)CC=CCOc1ccc2c(c1)CCCN2S(=O)(=O)Nc1ccc(F)cc1. The summed E-state index contributed by atoms with van der Waals surface area (Å²) in [5.41, 5.74) is 1.87. The van der Waals surface area contributed by atoms with E-state index in [1.807, 2.05) is 31.3 Å². The Morgan fingerprint density at radius 3 is 2.71 bits per heavy atom. The first-order chi connectivity index (χ1) is 14.9. The Labute approximate surface area is 183 Å². The number of halogens is 1. The molecule has 0 unspecified atom stereocenters. The molecule has 6 nitrogen and oxygen atoms in total. The van der Waals surface area contributed by atoms with Crippen LogP contribution in [-0.4, -0.2) is 46.6 Å². The topological polar surface area (TPSA) is 61.9 Å². The van der Waals surface area contributed by atoms with Crippen LogP contribution in [0.25, 0.3) is 0 Å². The molecule has 31 heavy (non-hydrogen) atoms. The van der Waals surface area contributed by atoms with Crippen LogP contribution in [-0.2, 0) is 16.6 Å². The van der Waals surface area contributed by atoms with Gasteiger partial charge in [-0.1, -0.05) is 18.2 Å². The fraction of sp³-hybridized carbons (Fsp3) is 0.304. The number of ether oxygens (including phenoxy) is 1. The second kappa shape index (κ2) is 10.5. The Bertz CT molecular complexity index is 1020. The third-order valence-electron chi connectivity index (χ3n) is 4.88. The van der Waals surface area contributed by atoms with Gasteiger partial charge in [-0.2, -0.15) is 8.42 Å². The number of benzene rings is 2. The maximum atomic E-state index is 13.1. The van der Waals surface area contributed by atoms with E-state index in [9.17, 15) is 12.8 Å². The fourth-order valence-electron chi connectivity index (χ4n) is 3.36. The first-order valence-electron chi connectivity index (χ1n) is 10.2. The average Bonchev–Trinajstić information content (AvgIpc) is 2.74. The summed E-state index contributed by atoms with van der Waals surface area (Å²) in [4.78, 5) is 2.12. The number of aryl methyl sites for hydroxylation is 1. The summed E-state index contributed by atoms with van der Waals surface area (Å²) in [6.45, 7) is 6.17. The van der Waals surface area contributed by atoms with Crippen molar-refractivity contribution in [1.29, 1.82) is 0 Å². The van der Waals surface area contributed by atoms with Gasteiger partial charge in [0.25, 0.3) is 0 Å². The van der Waals surface area contributed by atoms with E-state index >= 15 is 0 Å². The number of nitrogens with zero attached hydrogens (tertiary/aromatic N) is 2. The molecule has 1 N–H and O–H groups in total. The van der Waals surface area contributed by atoms with Crippen molar-refractivity contribution in [1.82, 2.24) is 4.90 Å². The molecular formula is C23H28FN3O3S. The molecule has 1 aliphatic rings. The molecule has 1 heterocycles. The van der Waals surface area contributed by atoms with Gasteiger partial charge in [0.2, 0.25) is 0 Å². The van der Waals surface area contributed by atoms with Crippen molar-refractivity contribution in [2.45, 2.75) is 12.8 Å². The van der Waals surface area contributed by atoms with Crippen LogP contribution in [0.15, 0.2) is 67.3 Å². The maximum Gasteiger partial charge on any atom is 0.323 e. The number of nitrogens with one attached hydrogen (secondary N) is 1. The number of hydrogen-bond donors (Lipinski definition) is 1. The standard InChI is InChI=1S/C23H28FN3O3S/c1-3-14-26(2)15-4-5-17-30-22-12-13-23-19(18-22)7-6-16-27(23)31(28,29)25-21-10-8-20(24)9-11-21/h3-5,8-13,18,25H,1,6-7,14-17H2,2H3. The number of fused-ring (bicyclic) bond motifs is 1. The largest absolute Gasteiger partial charge is 0.490 e. The molecule has 166 valence electrons. The van der Waals surface area contributed by atoms with Gasteiger partial charge in [-0.3, -0.25) is 13.9 Å². The zero-order valence-corrected chi connectivity index (χ0v) is 18.4. The van der Waals surface area contributed by atoms with Crippen LogP contribution < -0.4 is 13.8 Å². The molecule has 0 bridgehead atoms. The van der Waals surface area contributed by atoms with Crippen LogP contribution in [0.3, 0.4) is 0 Å². The van der Waals surface area contributed by atoms with Crippen molar-refractivity contribution in [2.24, 2.45) is 0 Å². The minimum atomic E-state index is -3.82. The van der Waals surface area contributed by atoms with Crippen molar-refractivity contribution < 1.29 is 17.5 Å². The third kappa shape index (κ3) is 6.32. The van der Waals surface area contributed by atoms with Crippen LogP contribution in [0.5, 0.6) is 5.75 Å². The maximum absolute atomic E-state index is 13.1. The highest BCUT2D eigenvalue weighted by Crippen LogP contribution is 2.32. The molecule has 0 saturated heterocycles. The smallest absolute Gasteiger partial charge is 0.323 e. The van der Waals surface area contributed by atoms with Crippen molar-refractivity contribution in [3.63, 3.8) is 0 Å². The molecule has 0 amide bonds. The van der Waals surface area contributed by atoms with Crippen molar-refractivity contribution >= 4 is 21.6 Å². The Hall–Kier alpha value is -2.84. The average molecular weight is 446 g/mol. The minimum absolute atomic E-state index is 0.319. The first-order valence-corrected chi connectivity index (χ1v) is 11.6. The normalized spacial score (nSPS) is 14.0. The second-order valence-electron chi connectivity index (χ2n) is 7.37. The number of hydrogen-bond acceptors (Lipinski definition) is 4. The van der Waals surface area contributed by atoms with E-state index in [2.05, 4.69) is 16.2 Å². The molecule has 0 saturated carbocycles. The van der Waals surface area contributed by atoms with E-state index in [4.69, 9.17) is 4.74 Å². The molecule has 3 rings (SSSR count). The summed E-state index contributed by atoms with van der Waals surface area (Å²) >= 11 is 0. The summed E-state index contributed by atoms with van der Waals surface area (Å²) < 4.78 is 48.6. The summed E-state index contributed by atoms with van der Waals surface area (Å²) in [6.07, 6.45) is 7.34. The highest BCUT2D eigenvalue weighted by Gasteiger charge is 2.27. The molecule has 0 spiro atoms. The van der Waals surface area contributed by atoms with Gasteiger partial charge in [0.1, 0.15) is 18.2 Å². The first kappa shape index (κ1) is 22.8. The molecule has 0 atom stereocenters. The number of likely N-dealkylation sites (N-methyl/N-ethyl adjacent to an activating group) is 1. The van der Waals surface area contributed by atoms with E-state index in [-0.39, 0.29) is 0 Å². The van der Waals surface area contributed by atoms with Crippen LogP contribution in [0, 0.1) is 5.82 Å². The zero-order chi connectivity index (χ0) is 22.3. The van der Waals surface area contributed by atoms with Gasteiger partial charge in [0, 0.05) is 19.6 Å². The fourth-order valence-corrected chi connectivity index (χ4v) is 4.71. The van der Waals surface area contributed by atoms with Gasteiger partial charge >= 0.3 is 10.2 Å². The highest BCUT2D eigenvalue weighted by molar-refractivity contribution is 7.94. The molecule has 0 aliphatic carbocycles. The summed E-state index contributed by atoms with van der Waals surface area (Å²) in [7, 11) is -1.80. The molecule has 2 aromatic rings. The van der Waals surface area contributed by atoms with E-state index in [1.54, 1.807) is 12.1 Å². The Balaban J connectivity index is 1.65. The monoisotopic (exact) mass is 445 g/mol. The molecule has 1 aliphatic heterocycles. The highest BCUT2D eigenvalue weighted by atomic mass is 32.2. The Morgan fingerprint density at radius 1 is 1.19 bits per heavy atom. The predicted octanol–water partition coefficient (Wildman–Crippen LogP) is 3.99. The quantitative estimate of drug-likeness (QED) is 0.562. The van der Waals surface area contributed by atoms with Crippen LogP contribution in [0.2, 0.25) is 0 Å². The lowest BCUT2D eigenvalue weighted by atomic mass is 10.0. The molecule has 0 radical (unpaired) electrons. The van der Waals surface area contributed by atoms with Crippen LogP contribution in [0.4, 0.5) is 15.8 Å². The lowest BCUT2D eigenvalue weighted by Gasteiger charge is -2.30. The third-order valence-corrected chi connectivity index (χ3v) is 6.33. The van der Waals surface area contributed by atoms with Gasteiger partial charge in [0.15, 0.2) is 0 Å². The molecular weight excluding hydrogens is 417 g/mol. The van der Waals surface area contributed by atoms with E-state index in [0.717, 1.165) is 25.1 Å². The van der Waals surface area contributed by atoms with E-state index < -0.39 is 16.0 Å². The minimum Gasteiger partial charge on any atom is -0.490 e. The van der Waals surface area contributed by atoms with Gasteiger partial charge in [-0.25, -0.2) is 4.39 Å². The molecule has 0 aromatic heterocycles. The van der Waals surface area contributed by atoms with Gasteiger partial charge < -0.3 is 4.74 Å². The van der Waals surface area contributed by atoms with Crippen molar-refractivity contribution in [3.8, 4) is 5.75 Å². The van der Waals surface area contributed by atoms with Crippen LogP contribution in [0.1, 0.15) is 12.0 Å². The van der Waals surface area contributed by atoms with Gasteiger partial charge in [-0.05, 0) is 67.9 Å². The predicted molar refractivity (Wildman–Crippen MR) is 123 cm³/mol. The van der Waals surface area contributed by atoms with Crippen molar-refractivity contribution in [3.05, 3.63) is 78.7 Å². The lowest BCUT2D eigenvalue weighted by molar-refractivity contribution is 0.360. The summed E-state index contributed by atoms with van der Waals surface area (Å²) in [5.74, 6) is 0.283. The Kier molecular flexibility index (Phi) is 7.70. The second-order valence-corrected chi connectivity index (χ2v) is 8.97. The number of anilines is 2. The summed E-state index contributed by atoms with van der Waals surface area (Å²) in [6, 6.07) is 10.7. The summed E-state index contributed by atoms with van der Waals surface area (Å²) in [5, 5.41) is 0. The van der Waals surface area contributed by atoms with Gasteiger partial charge in [0.05, 0.1) is 11.4 Å². The van der Waals surface area contributed by atoms with Crippen LogP contribution >= 0.6 is 0 Å². The lowest BCUT2D eigenvalue weighted by Crippen LogP contribution is -2.39.